The number of sulfonamides is 1. The van der Waals surface area contributed by atoms with Crippen LogP contribution >= 0.6 is 0 Å². The molecule has 0 N–H and O–H groups in total. The summed E-state index contributed by atoms with van der Waals surface area (Å²) in [5, 5.41) is 3.71. The lowest BCUT2D eigenvalue weighted by Gasteiger charge is -2.14. The van der Waals surface area contributed by atoms with Crippen LogP contribution in [0.25, 0.3) is 0 Å². The third-order valence-corrected chi connectivity index (χ3v) is 5.26. The lowest BCUT2D eigenvalue weighted by atomic mass is 10.2. The van der Waals surface area contributed by atoms with Gasteiger partial charge in [0.15, 0.2) is 5.76 Å². The zero-order chi connectivity index (χ0) is 13.6. The van der Waals surface area contributed by atoms with E-state index >= 15 is 0 Å². The molecule has 3 heterocycles. The zero-order valence-corrected chi connectivity index (χ0v) is 11.4. The van der Waals surface area contributed by atoms with E-state index in [4.69, 9.17) is 4.52 Å². The van der Waals surface area contributed by atoms with Crippen LogP contribution in [0.2, 0.25) is 0 Å². The average Bonchev–Trinajstić information content (AvgIpc) is 2.93. The summed E-state index contributed by atoms with van der Waals surface area (Å²) in [6.07, 6.45) is 1.67. The van der Waals surface area contributed by atoms with Gasteiger partial charge in [0.2, 0.25) is 10.0 Å². The Morgan fingerprint density at radius 1 is 1.32 bits per heavy atom. The van der Waals surface area contributed by atoms with E-state index in [0.29, 0.717) is 24.5 Å². The van der Waals surface area contributed by atoms with Crippen molar-refractivity contribution in [2.24, 2.45) is 0 Å². The van der Waals surface area contributed by atoms with Crippen molar-refractivity contribution in [2.75, 3.05) is 0 Å². The van der Waals surface area contributed by atoms with Gasteiger partial charge in [-0.25, -0.2) is 8.42 Å². The van der Waals surface area contributed by atoms with Gasteiger partial charge < -0.3 is 4.52 Å². The Morgan fingerprint density at radius 2 is 2.11 bits per heavy atom. The van der Waals surface area contributed by atoms with Gasteiger partial charge >= 0.3 is 0 Å². The normalized spacial score (nSPS) is 15.7. The van der Waals surface area contributed by atoms with E-state index in [1.54, 1.807) is 20.0 Å². The summed E-state index contributed by atoms with van der Waals surface area (Å²) < 4.78 is 31.6. The largest absolute Gasteiger partial charge is 0.360 e. The van der Waals surface area contributed by atoms with Gasteiger partial charge in [-0.3, -0.25) is 4.98 Å². The number of fused-ring (bicyclic) bond motifs is 1. The molecule has 1 aliphatic heterocycles. The number of hydrogen-bond donors (Lipinski definition) is 0. The number of aromatic nitrogens is 2. The van der Waals surface area contributed by atoms with E-state index in [-0.39, 0.29) is 4.90 Å². The first kappa shape index (κ1) is 12.3. The summed E-state index contributed by atoms with van der Waals surface area (Å²) in [7, 11) is -3.59. The summed E-state index contributed by atoms with van der Waals surface area (Å²) >= 11 is 0. The lowest BCUT2D eigenvalue weighted by Crippen LogP contribution is -2.26. The Labute approximate surface area is 111 Å². The van der Waals surface area contributed by atoms with E-state index in [1.807, 2.05) is 12.1 Å². The van der Waals surface area contributed by atoms with Crippen LogP contribution in [0, 0.1) is 13.8 Å². The number of rotatable bonds is 2. The van der Waals surface area contributed by atoms with Gasteiger partial charge in [0.05, 0.1) is 12.2 Å². The highest BCUT2D eigenvalue weighted by molar-refractivity contribution is 7.89. The molecule has 3 rings (SSSR count). The highest BCUT2D eigenvalue weighted by atomic mass is 32.2. The average molecular weight is 279 g/mol. The number of aryl methyl sites for hydroxylation is 2. The van der Waals surface area contributed by atoms with E-state index in [0.717, 1.165) is 11.3 Å². The zero-order valence-electron chi connectivity index (χ0n) is 10.6. The fourth-order valence-electron chi connectivity index (χ4n) is 2.31. The molecule has 0 fully saturated rings. The lowest BCUT2D eigenvalue weighted by molar-refractivity contribution is 0.388. The summed E-state index contributed by atoms with van der Waals surface area (Å²) in [6, 6.07) is 3.70. The molecule has 2 aromatic heterocycles. The highest BCUT2D eigenvalue weighted by Gasteiger charge is 2.35. The van der Waals surface area contributed by atoms with Crippen LogP contribution in [0.4, 0.5) is 0 Å². The molecular formula is C12H13N3O3S. The first-order valence-corrected chi connectivity index (χ1v) is 7.30. The molecule has 19 heavy (non-hydrogen) atoms. The second-order valence-corrected chi connectivity index (χ2v) is 6.41. The maximum absolute atomic E-state index is 12.6. The van der Waals surface area contributed by atoms with Gasteiger partial charge in [0, 0.05) is 12.7 Å². The van der Waals surface area contributed by atoms with Gasteiger partial charge in [-0.1, -0.05) is 11.2 Å². The molecule has 7 heteroatoms. The van der Waals surface area contributed by atoms with E-state index in [9.17, 15) is 8.42 Å². The monoisotopic (exact) mass is 279 g/mol. The first-order valence-electron chi connectivity index (χ1n) is 5.86. The third-order valence-electron chi connectivity index (χ3n) is 3.22. The van der Waals surface area contributed by atoms with Gasteiger partial charge in [-0.2, -0.15) is 4.31 Å². The van der Waals surface area contributed by atoms with Gasteiger partial charge in [-0.05, 0) is 25.5 Å². The first-order chi connectivity index (χ1) is 9.00. The smallest absolute Gasteiger partial charge is 0.249 e. The molecule has 0 bridgehead atoms. The number of pyridine rings is 1. The fourth-order valence-corrected chi connectivity index (χ4v) is 3.98. The molecule has 0 unspecified atom stereocenters. The molecule has 1 aliphatic rings. The van der Waals surface area contributed by atoms with Crippen LogP contribution in [0.5, 0.6) is 0 Å². The van der Waals surface area contributed by atoms with Crippen LogP contribution in [0.15, 0.2) is 27.7 Å². The summed E-state index contributed by atoms with van der Waals surface area (Å²) in [4.78, 5) is 4.37. The Kier molecular flexibility index (Phi) is 2.68. The molecule has 0 amide bonds. The maximum atomic E-state index is 12.6. The van der Waals surface area contributed by atoms with Crippen LogP contribution in [-0.4, -0.2) is 22.9 Å². The minimum Gasteiger partial charge on any atom is -0.360 e. The molecule has 0 aromatic carbocycles. The van der Waals surface area contributed by atoms with Crippen LogP contribution in [0.1, 0.15) is 22.7 Å². The van der Waals surface area contributed by atoms with Crippen LogP contribution in [-0.2, 0) is 23.1 Å². The Hall–Kier alpha value is -1.73. The molecule has 0 radical (unpaired) electrons. The van der Waals surface area contributed by atoms with E-state index in [1.165, 1.54) is 4.31 Å². The topological polar surface area (TPSA) is 76.3 Å². The minimum absolute atomic E-state index is 0.167. The standard InChI is InChI=1S/C12H13N3O3S/c1-8-12(9(2)18-14-8)19(16,17)15-6-10-4-3-5-13-11(10)7-15/h3-5H,6-7H2,1-2H3. The van der Waals surface area contributed by atoms with Crippen molar-refractivity contribution >= 4 is 10.0 Å². The Balaban J connectivity index is 2.01. The van der Waals surface area contributed by atoms with Crippen molar-refractivity contribution in [3.8, 4) is 0 Å². The van der Waals surface area contributed by atoms with E-state index < -0.39 is 10.0 Å². The SMILES string of the molecule is Cc1noc(C)c1S(=O)(=O)N1Cc2cccnc2C1. The molecule has 0 saturated heterocycles. The van der Waals surface area contributed by atoms with Crippen molar-refractivity contribution in [3.63, 3.8) is 0 Å². The van der Waals surface area contributed by atoms with Gasteiger partial charge in [0.25, 0.3) is 0 Å². The van der Waals surface area contributed by atoms with Gasteiger partial charge in [0.1, 0.15) is 10.6 Å². The quantitative estimate of drug-likeness (QED) is 0.830. The molecule has 0 saturated carbocycles. The molecule has 0 spiro atoms. The molecule has 2 aromatic rings. The fraction of sp³-hybridized carbons (Fsp3) is 0.333. The summed E-state index contributed by atoms with van der Waals surface area (Å²) in [6.45, 7) is 3.87. The highest BCUT2D eigenvalue weighted by Crippen LogP contribution is 2.30. The van der Waals surface area contributed by atoms with Crippen molar-refractivity contribution in [1.29, 1.82) is 0 Å². The second kappa shape index (κ2) is 4.14. The minimum atomic E-state index is -3.59. The molecule has 6 nitrogen and oxygen atoms in total. The predicted octanol–water partition coefficient (Wildman–Crippen LogP) is 1.39. The van der Waals surface area contributed by atoms with Crippen molar-refractivity contribution in [3.05, 3.63) is 41.0 Å². The van der Waals surface area contributed by atoms with Crippen molar-refractivity contribution < 1.29 is 12.9 Å². The molecule has 0 aliphatic carbocycles. The summed E-state index contributed by atoms with van der Waals surface area (Å²) in [5.74, 6) is 0.321. The molecule has 0 atom stereocenters. The third kappa shape index (κ3) is 1.85. The molecule has 100 valence electrons. The van der Waals surface area contributed by atoms with Gasteiger partial charge in [-0.15, -0.1) is 0 Å². The predicted molar refractivity (Wildman–Crippen MR) is 66.6 cm³/mol. The van der Waals surface area contributed by atoms with Crippen molar-refractivity contribution in [2.45, 2.75) is 31.8 Å². The van der Waals surface area contributed by atoms with Crippen LogP contribution in [0.3, 0.4) is 0 Å². The number of hydrogen-bond acceptors (Lipinski definition) is 5. The second-order valence-electron chi connectivity index (χ2n) is 4.54. The Bertz CT molecular complexity index is 692. The Morgan fingerprint density at radius 3 is 2.74 bits per heavy atom. The van der Waals surface area contributed by atoms with Crippen LogP contribution < -0.4 is 0 Å². The van der Waals surface area contributed by atoms with E-state index in [2.05, 4.69) is 10.1 Å². The van der Waals surface area contributed by atoms with Crippen molar-refractivity contribution in [1.82, 2.24) is 14.4 Å². The number of nitrogens with zero attached hydrogens (tertiary/aromatic N) is 3. The summed E-state index contributed by atoms with van der Waals surface area (Å²) in [5.41, 5.74) is 2.14. The maximum Gasteiger partial charge on any atom is 0.249 e. The molecular weight excluding hydrogens is 266 g/mol.